The van der Waals surface area contributed by atoms with Crippen LogP contribution in [0.3, 0.4) is 0 Å². The maximum Gasteiger partial charge on any atom is 0.416 e. The van der Waals surface area contributed by atoms with Crippen LogP contribution in [0, 0.1) is 29.6 Å². The van der Waals surface area contributed by atoms with Crippen molar-refractivity contribution in [3.05, 3.63) is 70.4 Å². The number of fused-ring (bicyclic) bond motifs is 1. The van der Waals surface area contributed by atoms with Gasteiger partial charge >= 0.3 is 6.18 Å². The third-order valence-corrected chi connectivity index (χ3v) is 5.05. The normalized spacial score (nSPS) is 11.3. The molecule has 4 aromatic rings. The van der Waals surface area contributed by atoms with Crippen molar-refractivity contribution in [2.24, 2.45) is 0 Å². The van der Waals surface area contributed by atoms with E-state index in [-0.39, 0.29) is 29.2 Å². The summed E-state index contributed by atoms with van der Waals surface area (Å²) in [6.07, 6.45) is -2.98. The Hall–Kier alpha value is -4.44. The van der Waals surface area contributed by atoms with Gasteiger partial charge in [-0.1, -0.05) is 12.1 Å². The fraction of sp³-hybridized carbons (Fsp3) is 0.136. The molecule has 0 bridgehead atoms. The summed E-state index contributed by atoms with van der Waals surface area (Å²) in [5.74, 6) is -0.0733. The summed E-state index contributed by atoms with van der Waals surface area (Å²) in [6, 6.07) is 12.6. The number of halogens is 3. The number of hydrogen-bond donors (Lipinski definition) is 1. The van der Waals surface area contributed by atoms with Crippen molar-refractivity contribution in [3.8, 4) is 23.4 Å². The van der Waals surface area contributed by atoms with Crippen molar-refractivity contribution >= 4 is 17.0 Å². The summed E-state index contributed by atoms with van der Waals surface area (Å²) in [5, 5.41) is 23.3. The number of alkyl halides is 3. The lowest BCUT2D eigenvalue weighted by atomic mass is 10.0. The zero-order valence-corrected chi connectivity index (χ0v) is 16.6. The van der Waals surface area contributed by atoms with Crippen molar-refractivity contribution in [2.45, 2.75) is 19.6 Å². The molecule has 2 heterocycles. The van der Waals surface area contributed by atoms with Crippen LogP contribution in [0.4, 0.5) is 19.1 Å². The highest BCUT2D eigenvalue weighted by molar-refractivity contribution is 5.91. The van der Waals surface area contributed by atoms with Gasteiger partial charge in [0.2, 0.25) is 5.95 Å². The molecular formula is C22H14F3N7. The summed E-state index contributed by atoms with van der Waals surface area (Å²) < 4.78 is 41.3. The Labute approximate surface area is 180 Å². The smallest absolute Gasteiger partial charge is 0.368 e. The Morgan fingerprint density at radius 1 is 1.06 bits per heavy atom. The maximum absolute atomic E-state index is 13.3. The van der Waals surface area contributed by atoms with Gasteiger partial charge in [-0.25, -0.2) is 9.67 Å². The first-order chi connectivity index (χ1) is 15.2. The number of anilines is 1. The number of benzene rings is 2. The number of nitrogen functional groups attached to an aromatic ring is 1. The van der Waals surface area contributed by atoms with E-state index in [1.54, 1.807) is 18.2 Å². The largest absolute Gasteiger partial charge is 0.416 e. The van der Waals surface area contributed by atoms with Crippen molar-refractivity contribution in [1.82, 2.24) is 19.7 Å². The molecule has 0 radical (unpaired) electrons. The second-order valence-corrected chi connectivity index (χ2v) is 7.08. The molecule has 0 fully saturated rings. The van der Waals surface area contributed by atoms with Gasteiger partial charge in [-0.15, -0.1) is 0 Å². The van der Waals surface area contributed by atoms with Crippen LogP contribution in [-0.4, -0.2) is 19.7 Å². The molecule has 2 N–H and O–H groups in total. The van der Waals surface area contributed by atoms with Crippen LogP contribution in [0.25, 0.3) is 22.3 Å². The van der Waals surface area contributed by atoms with Gasteiger partial charge in [-0.3, -0.25) is 0 Å². The lowest BCUT2D eigenvalue weighted by Crippen LogP contribution is -2.11. The molecule has 0 spiro atoms. The van der Waals surface area contributed by atoms with Gasteiger partial charge in [0, 0.05) is 5.56 Å². The Bertz CT molecular complexity index is 1410. The summed E-state index contributed by atoms with van der Waals surface area (Å²) in [6.45, 7) is 1.45. The van der Waals surface area contributed by atoms with Crippen LogP contribution in [0.5, 0.6) is 0 Å². The monoisotopic (exact) mass is 433 g/mol. The molecule has 0 saturated carbocycles. The molecular weight excluding hydrogens is 419 g/mol. The molecule has 0 atom stereocenters. The first-order valence-corrected chi connectivity index (χ1v) is 9.31. The first kappa shape index (κ1) is 20.8. The van der Waals surface area contributed by atoms with Crippen LogP contribution < -0.4 is 5.73 Å². The molecule has 10 heteroatoms. The fourth-order valence-electron chi connectivity index (χ4n) is 3.52. The van der Waals surface area contributed by atoms with E-state index in [1.165, 1.54) is 29.9 Å². The minimum absolute atomic E-state index is 0.0385. The van der Waals surface area contributed by atoms with Gasteiger partial charge in [-0.05, 0) is 42.3 Å². The molecule has 0 unspecified atom stereocenters. The molecule has 0 aliphatic carbocycles. The molecule has 158 valence electrons. The minimum atomic E-state index is -4.46. The summed E-state index contributed by atoms with van der Waals surface area (Å²) in [4.78, 5) is 8.47. The summed E-state index contributed by atoms with van der Waals surface area (Å²) >= 11 is 0. The third-order valence-electron chi connectivity index (χ3n) is 5.05. The fourth-order valence-corrected chi connectivity index (χ4v) is 3.52. The lowest BCUT2D eigenvalue weighted by Gasteiger charge is -2.14. The minimum Gasteiger partial charge on any atom is -0.368 e. The molecule has 7 nitrogen and oxygen atoms in total. The zero-order valence-electron chi connectivity index (χ0n) is 16.6. The van der Waals surface area contributed by atoms with Gasteiger partial charge in [0.1, 0.15) is 0 Å². The van der Waals surface area contributed by atoms with Crippen molar-refractivity contribution < 1.29 is 13.2 Å². The van der Waals surface area contributed by atoms with E-state index in [0.717, 1.165) is 6.07 Å². The predicted octanol–water partition coefficient (Wildman–Crippen LogP) is 4.19. The average Bonchev–Trinajstić information content (AvgIpc) is 3.15. The highest BCUT2D eigenvalue weighted by Crippen LogP contribution is 2.34. The Morgan fingerprint density at radius 3 is 2.38 bits per heavy atom. The average molecular weight is 433 g/mol. The van der Waals surface area contributed by atoms with Crippen molar-refractivity contribution in [2.75, 3.05) is 5.73 Å². The highest BCUT2D eigenvalue weighted by atomic mass is 19.4. The predicted molar refractivity (Wildman–Crippen MR) is 110 cm³/mol. The molecule has 32 heavy (non-hydrogen) atoms. The number of nitriles is 2. The molecule has 0 amide bonds. The second kappa shape index (κ2) is 7.67. The molecule has 0 aliphatic rings. The number of aromatic nitrogens is 4. The third kappa shape index (κ3) is 3.70. The van der Waals surface area contributed by atoms with Crippen molar-refractivity contribution in [3.63, 3.8) is 0 Å². The van der Waals surface area contributed by atoms with E-state index < -0.39 is 11.7 Å². The van der Waals surface area contributed by atoms with Crippen LogP contribution in [0.2, 0.25) is 0 Å². The number of hydrogen-bond acceptors (Lipinski definition) is 6. The Balaban J connectivity index is 1.85. The van der Waals surface area contributed by atoms with E-state index in [2.05, 4.69) is 15.1 Å². The molecule has 0 saturated heterocycles. The van der Waals surface area contributed by atoms with Gasteiger partial charge < -0.3 is 5.73 Å². The Morgan fingerprint density at radius 2 is 1.75 bits per heavy atom. The molecule has 0 aliphatic heterocycles. The Kier molecular flexibility index (Phi) is 4.99. The van der Waals surface area contributed by atoms with E-state index in [4.69, 9.17) is 5.73 Å². The topological polar surface area (TPSA) is 117 Å². The zero-order chi connectivity index (χ0) is 23.0. The van der Waals surface area contributed by atoms with Gasteiger partial charge in [-0.2, -0.15) is 33.8 Å². The lowest BCUT2D eigenvalue weighted by molar-refractivity contribution is -0.138. The van der Waals surface area contributed by atoms with Crippen LogP contribution >= 0.6 is 0 Å². The SMILES string of the molecule is Cc1c(Cn2ncc3c(-c4cc(C#N)cc(C#N)c4)nc(N)nc32)cccc1C(F)(F)F. The van der Waals surface area contributed by atoms with Gasteiger partial charge in [0.15, 0.2) is 5.65 Å². The number of rotatable bonds is 3. The first-order valence-electron chi connectivity index (χ1n) is 9.31. The van der Waals surface area contributed by atoms with E-state index in [1.807, 2.05) is 12.1 Å². The number of nitrogens with two attached hydrogens (primary N) is 1. The van der Waals surface area contributed by atoms with Crippen molar-refractivity contribution in [1.29, 1.82) is 10.5 Å². The number of nitrogens with zero attached hydrogens (tertiary/aromatic N) is 6. The molecule has 2 aromatic heterocycles. The highest BCUT2D eigenvalue weighted by Gasteiger charge is 2.32. The molecule has 4 rings (SSSR count). The van der Waals surface area contributed by atoms with Crippen LogP contribution in [0.15, 0.2) is 42.6 Å². The standard InChI is InChI=1S/C22H14F3N7/c1-12-15(3-2-4-18(12)22(23,24)25)11-32-20-17(10-29-32)19(30-21(28)31-20)16-6-13(8-26)5-14(7-16)9-27/h2-7,10H,11H2,1H3,(H2,28,30,31). The van der Waals surface area contributed by atoms with E-state index >= 15 is 0 Å². The van der Waals surface area contributed by atoms with Crippen LogP contribution in [0.1, 0.15) is 27.8 Å². The van der Waals surface area contributed by atoms with E-state index in [9.17, 15) is 23.7 Å². The van der Waals surface area contributed by atoms with E-state index in [0.29, 0.717) is 27.9 Å². The second-order valence-electron chi connectivity index (χ2n) is 7.08. The summed E-state index contributed by atoms with van der Waals surface area (Å²) in [5.41, 5.74) is 7.44. The van der Waals surface area contributed by atoms with Gasteiger partial charge in [0.25, 0.3) is 0 Å². The quantitative estimate of drug-likeness (QED) is 0.518. The maximum atomic E-state index is 13.3. The van der Waals surface area contributed by atoms with Crippen LogP contribution in [-0.2, 0) is 12.7 Å². The van der Waals surface area contributed by atoms with Gasteiger partial charge in [0.05, 0.1) is 52.7 Å². The molecule has 2 aromatic carbocycles. The summed E-state index contributed by atoms with van der Waals surface area (Å²) in [7, 11) is 0.